The fourth-order valence-electron chi connectivity index (χ4n) is 1.39. The normalized spacial score (nSPS) is 10.3. The van der Waals surface area contributed by atoms with E-state index in [1.807, 2.05) is 12.1 Å². The monoisotopic (exact) mass is 296 g/mol. The molecule has 1 aromatic rings. The second-order valence-corrected chi connectivity index (χ2v) is 4.28. The van der Waals surface area contributed by atoms with Gasteiger partial charge in [-0.2, -0.15) is 0 Å². The Morgan fingerprint density at radius 3 is 2.90 bits per heavy atom. The molecule has 0 saturated carbocycles. The van der Waals surface area contributed by atoms with E-state index in [1.54, 1.807) is 25.1 Å². The lowest BCUT2D eigenvalue weighted by Crippen LogP contribution is -2.33. The first-order chi connectivity index (χ1) is 9.61. The van der Waals surface area contributed by atoms with Crippen molar-refractivity contribution in [3.63, 3.8) is 0 Å². The summed E-state index contributed by atoms with van der Waals surface area (Å²) in [4.78, 5) is 22.4. The fraction of sp³-hybridized carbons (Fsp3) is 0.286. The zero-order valence-corrected chi connectivity index (χ0v) is 11.9. The van der Waals surface area contributed by atoms with Crippen LogP contribution in [0.5, 0.6) is 0 Å². The maximum absolute atomic E-state index is 11.4. The Morgan fingerprint density at radius 2 is 2.20 bits per heavy atom. The number of esters is 1. The van der Waals surface area contributed by atoms with Crippen molar-refractivity contribution in [2.24, 2.45) is 0 Å². The van der Waals surface area contributed by atoms with Gasteiger partial charge >= 0.3 is 12.0 Å². The zero-order chi connectivity index (χ0) is 14.8. The minimum absolute atomic E-state index is 0.152. The maximum Gasteiger partial charge on any atom is 0.318 e. The van der Waals surface area contributed by atoms with Gasteiger partial charge in [-0.05, 0) is 30.7 Å². The molecular formula is C14H17ClN2O3. The van der Waals surface area contributed by atoms with Gasteiger partial charge < -0.3 is 15.4 Å². The molecule has 0 saturated heterocycles. The molecule has 20 heavy (non-hydrogen) atoms. The number of carbonyl (C=O) groups excluding carboxylic acids is 2. The number of hydrogen-bond acceptors (Lipinski definition) is 3. The van der Waals surface area contributed by atoms with Crippen LogP contribution in [0.15, 0.2) is 30.5 Å². The summed E-state index contributed by atoms with van der Waals surface area (Å²) in [5.41, 5.74) is 0.879. The van der Waals surface area contributed by atoms with Crippen molar-refractivity contribution in [2.45, 2.75) is 13.3 Å². The minimum atomic E-state index is -0.382. The van der Waals surface area contributed by atoms with Crippen LogP contribution in [0, 0.1) is 0 Å². The molecule has 1 aromatic carbocycles. The summed E-state index contributed by atoms with van der Waals surface area (Å²) in [7, 11) is 0. The van der Waals surface area contributed by atoms with Crippen LogP contribution in [0.4, 0.5) is 4.79 Å². The second-order valence-electron chi connectivity index (χ2n) is 3.84. The van der Waals surface area contributed by atoms with Crippen LogP contribution >= 0.6 is 11.6 Å². The molecule has 1 rings (SSSR count). The molecule has 2 N–H and O–H groups in total. The van der Waals surface area contributed by atoms with Crippen molar-refractivity contribution >= 4 is 29.7 Å². The summed E-state index contributed by atoms with van der Waals surface area (Å²) < 4.78 is 4.74. The molecule has 0 atom stereocenters. The molecule has 0 spiro atoms. The number of halogens is 1. The molecule has 0 fully saturated rings. The largest absolute Gasteiger partial charge is 0.466 e. The second kappa shape index (κ2) is 8.98. The predicted octanol–water partition coefficient (Wildman–Crippen LogP) is 2.56. The molecule has 5 nitrogen and oxygen atoms in total. The highest BCUT2D eigenvalue weighted by atomic mass is 35.5. The third-order valence-corrected chi connectivity index (χ3v) is 2.49. The molecule has 108 valence electrons. The van der Waals surface area contributed by atoms with Gasteiger partial charge in [0.15, 0.2) is 0 Å². The van der Waals surface area contributed by atoms with Crippen LogP contribution in [0.2, 0.25) is 5.02 Å². The van der Waals surface area contributed by atoms with Crippen molar-refractivity contribution in [1.82, 2.24) is 10.6 Å². The average molecular weight is 297 g/mol. The van der Waals surface area contributed by atoms with Gasteiger partial charge in [0, 0.05) is 17.8 Å². The summed E-state index contributed by atoms with van der Waals surface area (Å²) >= 11 is 5.83. The highest BCUT2D eigenvalue weighted by Crippen LogP contribution is 2.11. The summed E-state index contributed by atoms with van der Waals surface area (Å²) in [5, 5.41) is 5.70. The molecule has 6 heteroatoms. The number of hydrogen-bond donors (Lipinski definition) is 2. The third kappa shape index (κ3) is 6.80. The van der Waals surface area contributed by atoms with Gasteiger partial charge in [0.25, 0.3) is 0 Å². The topological polar surface area (TPSA) is 67.4 Å². The van der Waals surface area contributed by atoms with Gasteiger partial charge in [0.05, 0.1) is 13.0 Å². The Bertz CT molecular complexity index is 489. The fourth-order valence-corrected chi connectivity index (χ4v) is 1.58. The minimum Gasteiger partial charge on any atom is -0.466 e. The number of nitrogens with one attached hydrogen (secondary N) is 2. The van der Waals surface area contributed by atoms with E-state index in [0.717, 1.165) is 5.56 Å². The Kier molecular flexibility index (Phi) is 7.21. The average Bonchev–Trinajstić information content (AvgIpc) is 2.39. The van der Waals surface area contributed by atoms with Crippen LogP contribution in [-0.4, -0.2) is 25.2 Å². The first kappa shape index (κ1) is 16.0. The first-order valence-corrected chi connectivity index (χ1v) is 6.61. The van der Waals surface area contributed by atoms with Gasteiger partial charge in [-0.15, -0.1) is 0 Å². The van der Waals surface area contributed by atoms with E-state index in [1.165, 1.54) is 6.20 Å². The van der Waals surface area contributed by atoms with Crippen molar-refractivity contribution < 1.29 is 14.3 Å². The molecule has 2 amide bonds. The van der Waals surface area contributed by atoms with Gasteiger partial charge in [0.1, 0.15) is 0 Å². The smallest absolute Gasteiger partial charge is 0.318 e. The van der Waals surface area contributed by atoms with Crippen molar-refractivity contribution in [3.8, 4) is 0 Å². The maximum atomic E-state index is 11.4. The van der Waals surface area contributed by atoms with Gasteiger partial charge in [-0.3, -0.25) is 4.79 Å². The molecular weight excluding hydrogens is 280 g/mol. The molecule has 0 heterocycles. The number of carbonyl (C=O) groups is 2. The summed E-state index contributed by atoms with van der Waals surface area (Å²) in [6, 6.07) is 6.85. The summed E-state index contributed by atoms with van der Waals surface area (Å²) in [6.07, 6.45) is 3.38. The lowest BCUT2D eigenvalue weighted by molar-refractivity contribution is -0.142. The van der Waals surface area contributed by atoms with Gasteiger partial charge in [0.2, 0.25) is 0 Å². The third-order valence-electron chi connectivity index (χ3n) is 2.26. The Balaban J connectivity index is 2.24. The Labute approximate surface area is 123 Å². The predicted molar refractivity (Wildman–Crippen MR) is 78.3 cm³/mol. The Hall–Kier alpha value is -2.01. The van der Waals surface area contributed by atoms with E-state index in [2.05, 4.69) is 10.6 Å². The number of ether oxygens (including phenoxy) is 1. The van der Waals surface area contributed by atoms with Crippen molar-refractivity contribution in [2.75, 3.05) is 13.2 Å². The van der Waals surface area contributed by atoms with Crippen molar-refractivity contribution in [1.29, 1.82) is 0 Å². The van der Waals surface area contributed by atoms with Crippen LogP contribution in [0.3, 0.4) is 0 Å². The molecule has 0 aromatic heterocycles. The van der Waals surface area contributed by atoms with E-state index >= 15 is 0 Å². The molecule has 0 unspecified atom stereocenters. The lowest BCUT2D eigenvalue weighted by Gasteiger charge is -2.04. The SMILES string of the molecule is CCOC(=O)CCNC(=O)N/C=C/c1cccc(Cl)c1. The summed E-state index contributed by atoms with van der Waals surface area (Å²) in [5.74, 6) is -0.331. The van der Waals surface area contributed by atoms with E-state index in [9.17, 15) is 9.59 Å². The quantitative estimate of drug-likeness (QED) is 0.793. The first-order valence-electron chi connectivity index (χ1n) is 6.24. The number of benzene rings is 1. The van der Waals surface area contributed by atoms with E-state index in [4.69, 9.17) is 16.3 Å². The number of rotatable bonds is 6. The lowest BCUT2D eigenvalue weighted by atomic mass is 10.2. The summed E-state index contributed by atoms with van der Waals surface area (Å²) in [6.45, 7) is 2.31. The van der Waals surface area contributed by atoms with Gasteiger partial charge in [-0.1, -0.05) is 23.7 Å². The van der Waals surface area contributed by atoms with E-state index in [0.29, 0.717) is 11.6 Å². The molecule has 0 radical (unpaired) electrons. The van der Waals surface area contributed by atoms with Crippen LogP contribution in [0.1, 0.15) is 18.9 Å². The standard InChI is InChI=1S/C14H17ClN2O3/c1-2-20-13(18)7-9-17-14(19)16-8-6-11-4-3-5-12(15)10-11/h3-6,8,10H,2,7,9H2,1H3,(H2,16,17,19)/b8-6+. The molecule has 0 aliphatic carbocycles. The Morgan fingerprint density at radius 1 is 1.40 bits per heavy atom. The zero-order valence-electron chi connectivity index (χ0n) is 11.2. The number of amides is 2. The number of urea groups is 1. The molecule has 0 aliphatic rings. The van der Waals surface area contributed by atoms with Crippen LogP contribution in [-0.2, 0) is 9.53 Å². The van der Waals surface area contributed by atoms with E-state index < -0.39 is 0 Å². The highest BCUT2D eigenvalue weighted by molar-refractivity contribution is 6.30. The molecule has 0 bridgehead atoms. The molecule has 0 aliphatic heterocycles. The van der Waals surface area contributed by atoms with Crippen molar-refractivity contribution in [3.05, 3.63) is 41.1 Å². The van der Waals surface area contributed by atoms with Crippen LogP contribution in [0.25, 0.3) is 6.08 Å². The van der Waals surface area contributed by atoms with Gasteiger partial charge in [-0.25, -0.2) is 4.79 Å². The van der Waals surface area contributed by atoms with Crippen LogP contribution < -0.4 is 10.6 Å². The highest BCUT2D eigenvalue weighted by Gasteiger charge is 2.02. The van der Waals surface area contributed by atoms with E-state index in [-0.39, 0.29) is 25.0 Å².